The van der Waals surface area contributed by atoms with Crippen molar-refractivity contribution < 1.29 is 14.2 Å². The van der Waals surface area contributed by atoms with E-state index in [0.717, 1.165) is 26.1 Å². The fraction of sp³-hybridized carbons (Fsp3) is 0.455. The summed E-state index contributed by atoms with van der Waals surface area (Å²) in [5.41, 5.74) is 3.97. The lowest BCUT2D eigenvalue weighted by atomic mass is 9.67. The quantitative estimate of drug-likeness (QED) is 0.854. The lowest BCUT2D eigenvalue weighted by Gasteiger charge is -2.42. The number of fused-ring (bicyclic) bond motifs is 3. The molecule has 6 rings (SSSR count). The van der Waals surface area contributed by atoms with Crippen LogP contribution >= 0.6 is 0 Å². The Morgan fingerprint density at radius 1 is 1.00 bits per heavy atom. The molecule has 5 atom stereocenters. The highest BCUT2D eigenvalue weighted by atomic mass is 16.6. The number of rotatable bonds is 3. The molecule has 2 aromatic rings. The topological polar surface area (TPSA) is 27.7 Å². The Morgan fingerprint density at radius 3 is 2.68 bits per heavy atom. The maximum absolute atomic E-state index is 6.13. The summed E-state index contributed by atoms with van der Waals surface area (Å²) in [6.07, 6.45) is 2.66. The van der Waals surface area contributed by atoms with Crippen LogP contribution in [0.25, 0.3) is 16.3 Å². The molecule has 2 aliphatic carbocycles. The molecule has 0 N–H and O–H groups in total. The van der Waals surface area contributed by atoms with Crippen LogP contribution in [0.4, 0.5) is 0 Å². The van der Waals surface area contributed by atoms with E-state index in [1.165, 1.54) is 27.5 Å². The number of benzene rings is 2. The highest BCUT2D eigenvalue weighted by molar-refractivity contribution is 5.98. The van der Waals surface area contributed by atoms with Gasteiger partial charge in [-0.3, -0.25) is 0 Å². The van der Waals surface area contributed by atoms with E-state index in [0.29, 0.717) is 11.8 Å². The number of methoxy groups -OCH3 is 1. The summed E-state index contributed by atoms with van der Waals surface area (Å²) in [4.78, 5) is 0. The number of hydrogen-bond donors (Lipinski definition) is 0. The third-order valence-electron chi connectivity index (χ3n) is 6.83. The molecule has 0 amide bonds. The summed E-state index contributed by atoms with van der Waals surface area (Å²) < 4.78 is 18.3. The Kier molecular flexibility index (Phi) is 2.86. The van der Waals surface area contributed by atoms with E-state index in [9.17, 15) is 0 Å². The van der Waals surface area contributed by atoms with Crippen LogP contribution in [0.15, 0.2) is 48.0 Å². The third kappa shape index (κ3) is 1.67. The predicted octanol–water partition coefficient (Wildman–Crippen LogP) is 3.82. The number of ether oxygens (including phenoxy) is 3. The van der Waals surface area contributed by atoms with E-state index in [-0.39, 0.29) is 17.8 Å². The highest BCUT2D eigenvalue weighted by Crippen LogP contribution is 2.67. The van der Waals surface area contributed by atoms with Crippen molar-refractivity contribution in [2.24, 2.45) is 11.8 Å². The van der Waals surface area contributed by atoms with Crippen LogP contribution in [-0.4, -0.2) is 38.1 Å². The molecule has 4 aliphatic rings. The first-order chi connectivity index (χ1) is 12.4. The van der Waals surface area contributed by atoms with Crippen molar-refractivity contribution >= 4 is 16.3 Å². The molecule has 3 fully saturated rings. The van der Waals surface area contributed by atoms with E-state index in [1.54, 1.807) is 0 Å². The Hall–Kier alpha value is -1.68. The van der Waals surface area contributed by atoms with E-state index in [1.807, 2.05) is 7.11 Å². The van der Waals surface area contributed by atoms with Crippen molar-refractivity contribution in [3.63, 3.8) is 0 Å². The molecule has 1 saturated carbocycles. The highest BCUT2D eigenvalue weighted by Gasteiger charge is 2.75. The molecule has 128 valence electrons. The van der Waals surface area contributed by atoms with Gasteiger partial charge in [0.05, 0.1) is 12.2 Å². The average molecular weight is 334 g/mol. The van der Waals surface area contributed by atoms with Gasteiger partial charge < -0.3 is 14.2 Å². The van der Waals surface area contributed by atoms with Crippen molar-refractivity contribution in [1.82, 2.24) is 0 Å². The molecular formula is C22H22O3. The Labute approximate surface area is 147 Å². The predicted molar refractivity (Wildman–Crippen MR) is 96.3 cm³/mol. The average Bonchev–Trinajstić information content (AvgIpc) is 3.01. The van der Waals surface area contributed by atoms with Crippen LogP contribution in [-0.2, 0) is 14.2 Å². The molecule has 0 radical (unpaired) electrons. The lowest BCUT2D eigenvalue weighted by molar-refractivity contribution is -0.00950. The molecule has 0 unspecified atom stereocenters. The zero-order valence-electron chi connectivity index (χ0n) is 14.4. The second-order valence-electron chi connectivity index (χ2n) is 7.72. The summed E-state index contributed by atoms with van der Waals surface area (Å²) in [6, 6.07) is 15.3. The minimum atomic E-state index is -0.240. The third-order valence-corrected chi connectivity index (χ3v) is 6.83. The number of hydrogen-bond acceptors (Lipinski definition) is 3. The molecule has 2 aliphatic heterocycles. The van der Waals surface area contributed by atoms with Gasteiger partial charge in [0.25, 0.3) is 0 Å². The molecule has 2 aromatic carbocycles. The van der Waals surface area contributed by atoms with Gasteiger partial charge in [-0.25, -0.2) is 0 Å². The van der Waals surface area contributed by atoms with Crippen LogP contribution in [0.5, 0.6) is 0 Å². The van der Waals surface area contributed by atoms with Crippen LogP contribution < -0.4 is 0 Å². The van der Waals surface area contributed by atoms with E-state index < -0.39 is 0 Å². The first-order valence-corrected chi connectivity index (χ1v) is 9.37. The molecule has 2 heterocycles. The van der Waals surface area contributed by atoms with Gasteiger partial charge in [-0.05, 0) is 40.3 Å². The van der Waals surface area contributed by atoms with E-state index in [4.69, 9.17) is 14.2 Å². The SMILES string of the molecule is CO[C@]1(C2=C(c3cccc4ccccc34)[C@@H]3CCO[C@H]23)[C@@H]2CCO[C@@H]21. The van der Waals surface area contributed by atoms with Crippen molar-refractivity contribution in [3.8, 4) is 0 Å². The summed E-state index contributed by atoms with van der Waals surface area (Å²) in [6.45, 7) is 1.72. The van der Waals surface area contributed by atoms with Gasteiger partial charge in [0.15, 0.2) is 0 Å². The van der Waals surface area contributed by atoms with Crippen molar-refractivity contribution in [1.29, 1.82) is 0 Å². The maximum atomic E-state index is 6.13. The first-order valence-electron chi connectivity index (χ1n) is 9.37. The second-order valence-corrected chi connectivity index (χ2v) is 7.72. The van der Waals surface area contributed by atoms with Crippen LogP contribution in [0.1, 0.15) is 18.4 Å². The van der Waals surface area contributed by atoms with Gasteiger partial charge in [0, 0.05) is 32.2 Å². The molecule has 25 heavy (non-hydrogen) atoms. The molecule has 0 spiro atoms. The molecule has 0 aromatic heterocycles. The van der Waals surface area contributed by atoms with Gasteiger partial charge >= 0.3 is 0 Å². The second kappa shape index (κ2) is 4.94. The lowest BCUT2D eigenvalue weighted by Crippen LogP contribution is -2.43. The van der Waals surface area contributed by atoms with Crippen molar-refractivity contribution in [2.45, 2.75) is 30.7 Å². The van der Waals surface area contributed by atoms with Gasteiger partial charge in [-0.15, -0.1) is 0 Å². The molecule has 0 bridgehead atoms. The summed E-state index contributed by atoms with van der Waals surface area (Å²) in [7, 11) is 1.84. The molecule has 2 saturated heterocycles. The fourth-order valence-corrected chi connectivity index (χ4v) is 5.72. The minimum Gasteiger partial charge on any atom is -0.374 e. The summed E-state index contributed by atoms with van der Waals surface area (Å²) in [5.74, 6) is 1.01. The fourth-order valence-electron chi connectivity index (χ4n) is 5.72. The smallest absolute Gasteiger partial charge is 0.124 e. The van der Waals surface area contributed by atoms with Gasteiger partial charge in [0.2, 0.25) is 0 Å². The largest absolute Gasteiger partial charge is 0.374 e. The monoisotopic (exact) mass is 334 g/mol. The summed E-state index contributed by atoms with van der Waals surface area (Å²) in [5, 5.41) is 2.63. The Balaban J connectivity index is 1.58. The summed E-state index contributed by atoms with van der Waals surface area (Å²) >= 11 is 0. The van der Waals surface area contributed by atoms with Gasteiger partial charge in [0.1, 0.15) is 5.60 Å². The standard InChI is InChI=1S/C22H22O3/c1-23-22(17-10-12-25-21(17)22)19-18(16-9-11-24-20(16)19)15-8-4-6-13-5-2-3-7-14(13)15/h2-8,16-17,20-21H,9-12H2,1H3/t16-,17+,20-,21-,22-/m0/s1. The zero-order valence-corrected chi connectivity index (χ0v) is 14.4. The van der Waals surface area contributed by atoms with Crippen molar-refractivity contribution in [3.05, 3.63) is 53.6 Å². The molecule has 3 heteroatoms. The Bertz CT molecular complexity index is 884. The van der Waals surface area contributed by atoms with E-state index in [2.05, 4.69) is 42.5 Å². The van der Waals surface area contributed by atoms with Gasteiger partial charge in [-0.2, -0.15) is 0 Å². The van der Waals surface area contributed by atoms with Crippen LogP contribution in [0, 0.1) is 11.8 Å². The first kappa shape index (κ1) is 14.5. The zero-order chi connectivity index (χ0) is 16.6. The van der Waals surface area contributed by atoms with Crippen molar-refractivity contribution in [2.75, 3.05) is 20.3 Å². The molecule has 3 nitrogen and oxygen atoms in total. The normalized spacial score (nSPS) is 38.6. The van der Waals surface area contributed by atoms with E-state index >= 15 is 0 Å². The Morgan fingerprint density at radius 2 is 1.84 bits per heavy atom. The van der Waals surface area contributed by atoms with Crippen LogP contribution in [0.3, 0.4) is 0 Å². The maximum Gasteiger partial charge on any atom is 0.124 e. The van der Waals surface area contributed by atoms with Gasteiger partial charge in [-0.1, -0.05) is 42.5 Å². The van der Waals surface area contributed by atoms with Crippen LogP contribution in [0.2, 0.25) is 0 Å². The molecular weight excluding hydrogens is 312 g/mol. The minimum absolute atomic E-state index is 0.225.